The van der Waals surface area contributed by atoms with Crippen LogP contribution in [-0.4, -0.2) is 35.3 Å². The number of nitrogens with zero attached hydrogens (tertiary/aromatic N) is 2. The van der Waals surface area contributed by atoms with E-state index in [0.717, 1.165) is 64.8 Å². The van der Waals surface area contributed by atoms with E-state index in [2.05, 4.69) is 40.8 Å². The van der Waals surface area contributed by atoms with Gasteiger partial charge in [0.1, 0.15) is 12.4 Å². The van der Waals surface area contributed by atoms with Gasteiger partial charge in [0.15, 0.2) is 0 Å². The quantitative estimate of drug-likeness (QED) is 0.0925. The molecule has 0 spiro atoms. The van der Waals surface area contributed by atoms with E-state index in [1.54, 1.807) is 17.8 Å². The number of unbranched alkanes of at least 4 members (excludes halogenated alkanes) is 1. The number of thioether (sulfide) groups is 1. The van der Waals surface area contributed by atoms with E-state index in [0.29, 0.717) is 13.2 Å². The Morgan fingerprint density at radius 3 is 2.58 bits per heavy atom. The van der Waals surface area contributed by atoms with Crippen molar-refractivity contribution in [1.82, 2.24) is 9.55 Å². The van der Waals surface area contributed by atoms with E-state index in [4.69, 9.17) is 9.47 Å². The third kappa shape index (κ3) is 9.14. The van der Waals surface area contributed by atoms with Gasteiger partial charge in [-0.25, -0.2) is 4.98 Å². The zero-order valence-electron chi connectivity index (χ0n) is 23.2. The average molecular weight is 556 g/mol. The van der Waals surface area contributed by atoms with Crippen molar-refractivity contribution in [2.45, 2.75) is 43.9 Å². The molecular formula is C33H37N3O3S. The summed E-state index contributed by atoms with van der Waals surface area (Å²) in [6, 6.07) is 24.1. The van der Waals surface area contributed by atoms with Gasteiger partial charge in [-0.3, -0.25) is 4.79 Å². The summed E-state index contributed by atoms with van der Waals surface area (Å²) in [6.07, 6.45) is 9.37. The first kappa shape index (κ1) is 29.2. The van der Waals surface area contributed by atoms with Gasteiger partial charge in [-0.1, -0.05) is 43.7 Å². The Morgan fingerprint density at radius 2 is 1.80 bits per heavy atom. The number of benzene rings is 3. The number of imidazole rings is 1. The van der Waals surface area contributed by atoms with Gasteiger partial charge in [-0.05, 0) is 78.6 Å². The molecule has 0 aliphatic rings. The largest absolute Gasteiger partial charge is 0.491 e. The molecule has 0 fully saturated rings. The summed E-state index contributed by atoms with van der Waals surface area (Å²) in [6.45, 7) is 7.10. The molecule has 0 bridgehead atoms. The number of amides is 1. The molecule has 0 saturated heterocycles. The molecular weight excluding hydrogens is 518 g/mol. The van der Waals surface area contributed by atoms with Crippen LogP contribution in [0.3, 0.4) is 0 Å². The normalized spacial score (nSPS) is 11.2. The molecule has 1 amide bonds. The van der Waals surface area contributed by atoms with Crippen LogP contribution in [0.4, 0.5) is 5.69 Å². The van der Waals surface area contributed by atoms with Crippen LogP contribution in [0.1, 0.15) is 37.9 Å². The van der Waals surface area contributed by atoms with E-state index in [-0.39, 0.29) is 5.91 Å². The van der Waals surface area contributed by atoms with Gasteiger partial charge in [-0.15, -0.1) is 11.8 Å². The monoisotopic (exact) mass is 555 g/mol. The molecule has 7 heteroatoms. The summed E-state index contributed by atoms with van der Waals surface area (Å²) in [5.41, 5.74) is 5.08. The van der Waals surface area contributed by atoms with Gasteiger partial charge in [-0.2, -0.15) is 0 Å². The van der Waals surface area contributed by atoms with Crippen LogP contribution in [0.15, 0.2) is 96.3 Å². The van der Waals surface area contributed by atoms with Gasteiger partial charge in [0.2, 0.25) is 5.91 Å². The lowest BCUT2D eigenvalue weighted by Gasteiger charge is -2.08. The molecule has 208 valence electrons. The minimum absolute atomic E-state index is 0.169. The molecule has 6 nitrogen and oxygen atoms in total. The van der Waals surface area contributed by atoms with Crippen molar-refractivity contribution in [2.24, 2.45) is 0 Å². The number of rotatable bonds is 15. The summed E-state index contributed by atoms with van der Waals surface area (Å²) in [7, 11) is 0. The van der Waals surface area contributed by atoms with Gasteiger partial charge in [0.25, 0.3) is 0 Å². The predicted molar refractivity (Wildman–Crippen MR) is 165 cm³/mol. The number of anilines is 1. The maximum absolute atomic E-state index is 12.5. The Hall–Kier alpha value is -3.81. The highest BCUT2D eigenvalue weighted by atomic mass is 32.2. The number of nitrogens with one attached hydrogen (secondary N) is 1. The molecule has 1 heterocycles. The lowest BCUT2D eigenvalue weighted by Crippen LogP contribution is -2.07. The number of hydrogen-bond donors (Lipinski definition) is 1. The molecule has 0 atom stereocenters. The van der Waals surface area contributed by atoms with Crippen LogP contribution in [0.25, 0.3) is 17.2 Å². The Kier molecular flexibility index (Phi) is 11.5. The minimum atomic E-state index is -0.169. The fourth-order valence-corrected chi connectivity index (χ4v) is 4.92. The van der Waals surface area contributed by atoms with Crippen molar-refractivity contribution in [3.05, 3.63) is 103 Å². The van der Waals surface area contributed by atoms with Crippen molar-refractivity contribution < 1.29 is 14.3 Å². The number of carbonyl (C=O) groups is 1. The summed E-state index contributed by atoms with van der Waals surface area (Å²) in [4.78, 5) is 17.9. The fraction of sp³-hybridized carbons (Fsp3) is 0.273. The summed E-state index contributed by atoms with van der Waals surface area (Å²) < 4.78 is 13.5. The van der Waals surface area contributed by atoms with Crippen molar-refractivity contribution >= 4 is 29.4 Å². The topological polar surface area (TPSA) is 65.4 Å². The van der Waals surface area contributed by atoms with E-state index >= 15 is 0 Å². The highest BCUT2D eigenvalue weighted by Gasteiger charge is 2.04. The number of aromatic nitrogens is 2. The average Bonchev–Trinajstić information content (AvgIpc) is 3.46. The number of aryl methyl sites for hydroxylation is 1. The first-order chi connectivity index (χ1) is 19.6. The van der Waals surface area contributed by atoms with Crippen molar-refractivity contribution in [1.29, 1.82) is 0 Å². The Balaban J connectivity index is 1.25. The van der Waals surface area contributed by atoms with Gasteiger partial charge in [0, 0.05) is 47.5 Å². The maximum atomic E-state index is 12.5. The summed E-state index contributed by atoms with van der Waals surface area (Å²) in [5, 5.41) is 2.94. The van der Waals surface area contributed by atoms with Crippen LogP contribution in [-0.2, 0) is 21.8 Å². The van der Waals surface area contributed by atoms with Crippen molar-refractivity contribution in [3.63, 3.8) is 0 Å². The van der Waals surface area contributed by atoms with Crippen LogP contribution in [0.2, 0.25) is 0 Å². The third-order valence-corrected chi connectivity index (χ3v) is 7.33. The molecule has 3 aromatic carbocycles. The molecule has 40 heavy (non-hydrogen) atoms. The lowest BCUT2D eigenvalue weighted by atomic mass is 10.0. The molecule has 4 rings (SSSR count). The second-order valence-corrected chi connectivity index (χ2v) is 10.3. The third-order valence-electron chi connectivity index (χ3n) is 6.29. The standard InChI is InChI=1S/C33H37N3O3S/c1-3-5-19-38-20-21-39-31-14-10-27(11-15-31)28-8-6-7-26(22-28)9-18-33(37)35-29-12-16-32(17-13-29)40-24-30-23-34-25-36(30)4-2/h6-18,22-23,25H,3-5,19-21,24H2,1-2H3,(H,35,37)/b18-9+. The second kappa shape index (κ2) is 15.7. The first-order valence-electron chi connectivity index (χ1n) is 13.8. The first-order valence-corrected chi connectivity index (χ1v) is 14.7. The SMILES string of the molecule is CCCCOCCOc1ccc(-c2cccc(/C=C/C(=O)Nc3ccc(SCc4cncn4CC)cc3)c2)cc1. The van der Waals surface area contributed by atoms with E-state index in [9.17, 15) is 4.79 Å². The van der Waals surface area contributed by atoms with Gasteiger partial charge >= 0.3 is 0 Å². The van der Waals surface area contributed by atoms with E-state index in [1.807, 2.05) is 79.3 Å². The van der Waals surface area contributed by atoms with Gasteiger partial charge < -0.3 is 19.4 Å². The molecule has 0 unspecified atom stereocenters. The number of carbonyl (C=O) groups excluding carboxylic acids is 1. The van der Waals surface area contributed by atoms with Crippen molar-refractivity contribution in [2.75, 3.05) is 25.1 Å². The predicted octanol–water partition coefficient (Wildman–Crippen LogP) is 7.71. The highest BCUT2D eigenvalue weighted by molar-refractivity contribution is 7.98. The minimum Gasteiger partial charge on any atom is -0.491 e. The van der Waals surface area contributed by atoms with E-state index < -0.39 is 0 Å². The number of hydrogen-bond acceptors (Lipinski definition) is 5. The molecule has 1 aromatic heterocycles. The highest BCUT2D eigenvalue weighted by Crippen LogP contribution is 2.25. The molecule has 0 radical (unpaired) electrons. The zero-order chi connectivity index (χ0) is 28.0. The molecule has 0 saturated carbocycles. The molecule has 0 aliphatic heterocycles. The Labute approximate surface area is 241 Å². The molecule has 4 aromatic rings. The Morgan fingerprint density at radius 1 is 0.975 bits per heavy atom. The van der Waals surface area contributed by atoms with Crippen LogP contribution >= 0.6 is 11.8 Å². The molecule has 1 N–H and O–H groups in total. The van der Waals surface area contributed by atoms with Gasteiger partial charge in [0.05, 0.1) is 12.9 Å². The maximum Gasteiger partial charge on any atom is 0.248 e. The number of ether oxygens (including phenoxy) is 2. The van der Waals surface area contributed by atoms with Crippen LogP contribution in [0, 0.1) is 0 Å². The summed E-state index contributed by atoms with van der Waals surface area (Å²) >= 11 is 1.75. The van der Waals surface area contributed by atoms with Crippen LogP contribution < -0.4 is 10.1 Å². The van der Waals surface area contributed by atoms with Crippen molar-refractivity contribution in [3.8, 4) is 16.9 Å². The fourth-order valence-electron chi connectivity index (χ4n) is 4.03. The molecule has 0 aliphatic carbocycles. The second-order valence-electron chi connectivity index (χ2n) is 9.27. The smallest absolute Gasteiger partial charge is 0.248 e. The Bertz CT molecular complexity index is 1360. The van der Waals surface area contributed by atoms with Crippen LogP contribution in [0.5, 0.6) is 5.75 Å². The summed E-state index contributed by atoms with van der Waals surface area (Å²) in [5.74, 6) is 1.51. The lowest BCUT2D eigenvalue weighted by molar-refractivity contribution is -0.111. The zero-order valence-corrected chi connectivity index (χ0v) is 24.0. The van der Waals surface area contributed by atoms with E-state index in [1.165, 1.54) is 5.69 Å².